The first kappa shape index (κ1) is 15.2. The topological polar surface area (TPSA) is 27.7 Å². The van der Waals surface area contributed by atoms with Gasteiger partial charge in [0, 0.05) is 6.07 Å². The molecule has 2 rings (SSSR count). The molecular formula is C18H22O3. The van der Waals surface area contributed by atoms with Gasteiger partial charge in [0.1, 0.15) is 30.5 Å². The zero-order chi connectivity index (χ0) is 15.1. The quantitative estimate of drug-likeness (QED) is 0.715. The van der Waals surface area contributed by atoms with E-state index in [0.29, 0.717) is 19.8 Å². The van der Waals surface area contributed by atoms with Gasteiger partial charge in [0.05, 0.1) is 6.61 Å². The van der Waals surface area contributed by atoms with Gasteiger partial charge in [-0.25, -0.2) is 0 Å². The molecule has 0 radical (unpaired) electrons. The van der Waals surface area contributed by atoms with Crippen LogP contribution in [-0.2, 0) is 0 Å². The van der Waals surface area contributed by atoms with E-state index in [4.69, 9.17) is 14.2 Å². The smallest absolute Gasteiger partial charge is 0.123 e. The van der Waals surface area contributed by atoms with Crippen LogP contribution >= 0.6 is 0 Å². The van der Waals surface area contributed by atoms with Crippen molar-refractivity contribution in [3.05, 3.63) is 53.6 Å². The number of aryl methyl sites for hydroxylation is 2. The van der Waals surface area contributed by atoms with Crippen molar-refractivity contribution in [3.63, 3.8) is 0 Å². The number of benzene rings is 2. The van der Waals surface area contributed by atoms with Crippen LogP contribution in [0.15, 0.2) is 42.5 Å². The van der Waals surface area contributed by atoms with E-state index in [2.05, 4.69) is 19.9 Å². The Morgan fingerprint density at radius 1 is 0.714 bits per heavy atom. The van der Waals surface area contributed by atoms with Gasteiger partial charge < -0.3 is 14.2 Å². The monoisotopic (exact) mass is 286 g/mol. The minimum atomic E-state index is 0.502. The first-order chi connectivity index (χ1) is 10.2. The van der Waals surface area contributed by atoms with Crippen LogP contribution in [0.25, 0.3) is 0 Å². The van der Waals surface area contributed by atoms with E-state index in [1.165, 1.54) is 11.1 Å². The van der Waals surface area contributed by atoms with Crippen LogP contribution in [0.4, 0.5) is 0 Å². The molecule has 2 aromatic carbocycles. The predicted octanol–water partition coefficient (Wildman–Crippen LogP) is 4.16. The zero-order valence-electron chi connectivity index (χ0n) is 12.9. The second-order valence-electron chi connectivity index (χ2n) is 4.85. The van der Waals surface area contributed by atoms with Crippen molar-refractivity contribution >= 4 is 0 Å². The first-order valence-corrected chi connectivity index (χ1v) is 7.24. The van der Waals surface area contributed by atoms with Crippen LogP contribution in [0.5, 0.6) is 17.2 Å². The van der Waals surface area contributed by atoms with Gasteiger partial charge in [-0.2, -0.15) is 0 Å². The van der Waals surface area contributed by atoms with Gasteiger partial charge in [-0.3, -0.25) is 0 Å². The third-order valence-electron chi connectivity index (χ3n) is 3.22. The molecule has 0 aliphatic rings. The second kappa shape index (κ2) is 7.58. The molecule has 0 fully saturated rings. The Morgan fingerprint density at radius 3 is 1.95 bits per heavy atom. The highest BCUT2D eigenvalue weighted by molar-refractivity contribution is 5.34. The van der Waals surface area contributed by atoms with Crippen LogP contribution in [-0.4, -0.2) is 19.8 Å². The van der Waals surface area contributed by atoms with E-state index in [0.717, 1.165) is 17.2 Å². The number of hydrogen-bond acceptors (Lipinski definition) is 3. The molecule has 0 aliphatic heterocycles. The van der Waals surface area contributed by atoms with Gasteiger partial charge in [-0.1, -0.05) is 12.1 Å². The minimum Gasteiger partial charge on any atom is -0.494 e. The van der Waals surface area contributed by atoms with Crippen LogP contribution in [0.3, 0.4) is 0 Å². The number of ether oxygens (including phenoxy) is 3. The van der Waals surface area contributed by atoms with Crippen molar-refractivity contribution < 1.29 is 14.2 Å². The molecule has 2 aromatic rings. The molecule has 0 saturated carbocycles. The number of hydrogen-bond donors (Lipinski definition) is 0. The van der Waals surface area contributed by atoms with Crippen molar-refractivity contribution in [3.8, 4) is 17.2 Å². The SMILES string of the molecule is CCOc1cccc(OCCOc2ccc(C)c(C)c2)c1. The molecule has 0 aromatic heterocycles. The fourth-order valence-corrected chi connectivity index (χ4v) is 1.94. The van der Waals surface area contributed by atoms with Crippen molar-refractivity contribution in [2.45, 2.75) is 20.8 Å². The fraction of sp³-hybridized carbons (Fsp3) is 0.333. The average Bonchev–Trinajstić information content (AvgIpc) is 2.48. The first-order valence-electron chi connectivity index (χ1n) is 7.24. The minimum absolute atomic E-state index is 0.502. The summed E-state index contributed by atoms with van der Waals surface area (Å²) in [5.41, 5.74) is 2.50. The Kier molecular flexibility index (Phi) is 5.50. The summed E-state index contributed by atoms with van der Waals surface area (Å²) in [6.45, 7) is 7.81. The summed E-state index contributed by atoms with van der Waals surface area (Å²) in [6.07, 6.45) is 0. The van der Waals surface area contributed by atoms with Gasteiger partial charge in [-0.05, 0) is 56.2 Å². The Bertz CT molecular complexity index is 578. The highest BCUT2D eigenvalue weighted by Crippen LogP contribution is 2.19. The van der Waals surface area contributed by atoms with Crippen LogP contribution in [0.2, 0.25) is 0 Å². The molecule has 0 unspecified atom stereocenters. The normalized spacial score (nSPS) is 10.2. The van der Waals surface area contributed by atoms with Gasteiger partial charge in [0.2, 0.25) is 0 Å². The Balaban J connectivity index is 1.79. The van der Waals surface area contributed by atoms with Gasteiger partial charge in [0.15, 0.2) is 0 Å². The maximum absolute atomic E-state index is 5.69. The van der Waals surface area contributed by atoms with E-state index in [1.54, 1.807) is 0 Å². The third kappa shape index (κ3) is 4.71. The third-order valence-corrected chi connectivity index (χ3v) is 3.22. The lowest BCUT2D eigenvalue weighted by Crippen LogP contribution is -2.09. The summed E-state index contributed by atoms with van der Waals surface area (Å²) in [5, 5.41) is 0. The second-order valence-corrected chi connectivity index (χ2v) is 4.85. The summed E-state index contributed by atoms with van der Waals surface area (Å²) < 4.78 is 16.8. The molecule has 3 nitrogen and oxygen atoms in total. The molecule has 0 amide bonds. The maximum atomic E-state index is 5.69. The molecule has 0 aliphatic carbocycles. The molecule has 0 bridgehead atoms. The van der Waals surface area contributed by atoms with Crippen molar-refractivity contribution in [2.75, 3.05) is 19.8 Å². The molecule has 0 spiro atoms. The van der Waals surface area contributed by atoms with Gasteiger partial charge >= 0.3 is 0 Å². The van der Waals surface area contributed by atoms with Crippen LogP contribution in [0.1, 0.15) is 18.1 Å². The van der Waals surface area contributed by atoms with Gasteiger partial charge in [0.25, 0.3) is 0 Å². The predicted molar refractivity (Wildman–Crippen MR) is 84.5 cm³/mol. The van der Waals surface area contributed by atoms with Crippen molar-refractivity contribution in [2.24, 2.45) is 0 Å². The standard InChI is InChI=1S/C18H22O3/c1-4-19-16-6-5-7-17(13-16)20-10-11-21-18-9-8-14(2)15(3)12-18/h5-9,12-13H,4,10-11H2,1-3H3. The Labute approximate surface area is 126 Å². The Morgan fingerprint density at radius 2 is 1.33 bits per heavy atom. The van der Waals surface area contributed by atoms with E-state index >= 15 is 0 Å². The van der Waals surface area contributed by atoms with E-state index < -0.39 is 0 Å². The maximum Gasteiger partial charge on any atom is 0.123 e. The highest BCUT2D eigenvalue weighted by atomic mass is 16.5. The summed E-state index contributed by atoms with van der Waals surface area (Å²) in [6, 6.07) is 13.7. The molecule has 3 heteroatoms. The molecule has 0 heterocycles. The van der Waals surface area contributed by atoms with E-state index in [1.807, 2.05) is 43.3 Å². The van der Waals surface area contributed by atoms with Crippen LogP contribution < -0.4 is 14.2 Å². The molecule has 0 N–H and O–H groups in total. The molecule has 112 valence electrons. The highest BCUT2D eigenvalue weighted by Gasteiger charge is 1.99. The molecule has 21 heavy (non-hydrogen) atoms. The lowest BCUT2D eigenvalue weighted by Gasteiger charge is -2.10. The van der Waals surface area contributed by atoms with Gasteiger partial charge in [-0.15, -0.1) is 0 Å². The lowest BCUT2D eigenvalue weighted by molar-refractivity contribution is 0.216. The van der Waals surface area contributed by atoms with Crippen molar-refractivity contribution in [1.82, 2.24) is 0 Å². The summed E-state index contributed by atoms with van der Waals surface area (Å²) in [4.78, 5) is 0. The molecule has 0 atom stereocenters. The van der Waals surface area contributed by atoms with E-state index in [-0.39, 0.29) is 0 Å². The zero-order valence-corrected chi connectivity index (χ0v) is 12.9. The van der Waals surface area contributed by atoms with E-state index in [9.17, 15) is 0 Å². The largest absolute Gasteiger partial charge is 0.494 e. The fourth-order valence-electron chi connectivity index (χ4n) is 1.94. The lowest BCUT2D eigenvalue weighted by atomic mass is 10.1. The molecular weight excluding hydrogens is 264 g/mol. The van der Waals surface area contributed by atoms with Crippen molar-refractivity contribution in [1.29, 1.82) is 0 Å². The Hall–Kier alpha value is -2.16. The summed E-state index contributed by atoms with van der Waals surface area (Å²) >= 11 is 0. The summed E-state index contributed by atoms with van der Waals surface area (Å²) in [5.74, 6) is 2.50. The van der Waals surface area contributed by atoms with Crippen LogP contribution in [0, 0.1) is 13.8 Å². The average molecular weight is 286 g/mol. The molecule has 0 saturated heterocycles. The summed E-state index contributed by atoms with van der Waals surface area (Å²) in [7, 11) is 0. The number of rotatable bonds is 7.